The molecule has 2 aromatic carbocycles. The molecule has 1 heterocycles. The molecule has 0 radical (unpaired) electrons. The molecule has 41 heavy (non-hydrogen) atoms. The van der Waals surface area contributed by atoms with Crippen LogP contribution in [0.4, 0.5) is 0 Å². The molecule has 3 amide bonds. The van der Waals surface area contributed by atoms with Crippen molar-refractivity contribution in [2.75, 3.05) is 27.2 Å². The normalized spacial score (nSPS) is 18.0. The lowest BCUT2D eigenvalue weighted by molar-refractivity contribution is -0.130. The van der Waals surface area contributed by atoms with E-state index in [0.29, 0.717) is 36.9 Å². The largest absolute Gasteiger partial charge is 0.385 e. The molecule has 1 aliphatic heterocycles. The van der Waals surface area contributed by atoms with Crippen molar-refractivity contribution >= 4 is 23.6 Å². The zero-order valence-corrected chi connectivity index (χ0v) is 23.6. The van der Waals surface area contributed by atoms with Crippen LogP contribution in [0.15, 0.2) is 41.5 Å². The van der Waals surface area contributed by atoms with Gasteiger partial charge < -0.3 is 26.6 Å². The Morgan fingerprint density at radius 1 is 1.10 bits per heavy atom. The van der Waals surface area contributed by atoms with Crippen molar-refractivity contribution in [2.24, 2.45) is 16.7 Å². The van der Waals surface area contributed by atoms with Gasteiger partial charge >= 0.3 is 0 Å². The van der Waals surface area contributed by atoms with Gasteiger partial charge in [0.05, 0.1) is 18.0 Å². The van der Waals surface area contributed by atoms with Gasteiger partial charge in [0.1, 0.15) is 11.9 Å². The van der Waals surface area contributed by atoms with Crippen LogP contribution in [0.2, 0.25) is 0 Å². The second-order valence-corrected chi connectivity index (χ2v) is 10.5. The third-order valence-corrected chi connectivity index (χ3v) is 8.05. The number of amides is 3. The highest BCUT2D eigenvalue weighted by atomic mass is 16.2. The lowest BCUT2D eigenvalue weighted by atomic mass is 9.62. The van der Waals surface area contributed by atoms with Crippen LogP contribution < -0.4 is 33.1 Å². The van der Waals surface area contributed by atoms with E-state index in [9.17, 15) is 19.6 Å². The lowest BCUT2D eigenvalue weighted by Gasteiger charge is -2.42. The number of hydrogen-bond acceptors (Lipinski definition) is 8. The van der Waals surface area contributed by atoms with E-state index in [0.717, 1.165) is 28.7 Å². The van der Waals surface area contributed by atoms with Gasteiger partial charge in [0.15, 0.2) is 0 Å². The first-order valence-corrected chi connectivity index (χ1v) is 13.6. The van der Waals surface area contributed by atoms with Gasteiger partial charge in [0.25, 0.3) is 11.8 Å². The van der Waals surface area contributed by atoms with E-state index in [-0.39, 0.29) is 36.1 Å². The van der Waals surface area contributed by atoms with Crippen LogP contribution >= 0.6 is 0 Å². The van der Waals surface area contributed by atoms with Crippen LogP contribution in [0, 0.1) is 11.3 Å². The summed E-state index contributed by atoms with van der Waals surface area (Å²) in [5.74, 6) is 5.23. The minimum absolute atomic E-state index is 0.0620. The van der Waals surface area contributed by atoms with Crippen LogP contribution in [-0.4, -0.2) is 67.7 Å². The van der Waals surface area contributed by atoms with Crippen molar-refractivity contribution in [2.45, 2.75) is 50.1 Å². The summed E-state index contributed by atoms with van der Waals surface area (Å²) in [6.45, 7) is 2.59. The Bertz CT molecular complexity index is 1350. The average molecular weight is 560 g/mol. The molecule has 0 saturated carbocycles. The predicted molar refractivity (Wildman–Crippen MR) is 155 cm³/mol. The van der Waals surface area contributed by atoms with Gasteiger partial charge in [0, 0.05) is 37.8 Å². The van der Waals surface area contributed by atoms with E-state index >= 15 is 0 Å². The lowest BCUT2D eigenvalue weighted by Crippen LogP contribution is -2.51. The Morgan fingerprint density at radius 3 is 2.20 bits per heavy atom. The molecule has 1 fully saturated rings. The van der Waals surface area contributed by atoms with Gasteiger partial charge in [-0.15, -0.1) is 0 Å². The number of benzene rings is 2. The molecule has 1 saturated heterocycles. The Morgan fingerprint density at radius 2 is 1.68 bits per heavy atom. The van der Waals surface area contributed by atoms with Crippen molar-refractivity contribution in [1.29, 1.82) is 5.26 Å². The summed E-state index contributed by atoms with van der Waals surface area (Å²) in [4.78, 5) is 39.6. The fourth-order valence-corrected chi connectivity index (χ4v) is 6.09. The van der Waals surface area contributed by atoms with Crippen LogP contribution in [0.3, 0.4) is 0 Å². The zero-order chi connectivity index (χ0) is 29.7. The number of hydrazone groups is 1. The van der Waals surface area contributed by atoms with Gasteiger partial charge in [-0.3, -0.25) is 14.4 Å². The van der Waals surface area contributed by atoms with E-state index in [1.54, 1.807) is 31.1 Å². The summed E-state index contributed by atoms with van der Waals surface area (Å²) >= 11 is 0. The Balaban J connectivity index is 1.78. The maximum atomic E-state index is 12.9. The molecule has 1 unspecified atom stereocenters. The van der Waals surface area contributed by atoms with E-state index in [2.05, 4.69) is 32.7 Å². The highest BCUT2D eigenvalue weighted by Gasteiger charge is 2.46. The molecule has 0 aromatic heterocycles. The number of hydrogen-bond donors (Lipinski definition) is 6. The van der Waals surface area contributed by atoms with Crippen molar-refractivity contribution in [3.8, 4) is 6.07 Å². The number of nitrogens with two attached hydrogens (primary N) is 2. The number of nitrogens with zero attached hydrogens (tertiary/aromatic N) is 3. The zero-order valence-electron chi connectivity index (χ0n) is 23.6. The summed E-state index contributed by atoms with van der Waals surface area (Å²) in [7, 11) is 3.15. The number of carbonyl (C=O) groups is 3. The third-order valence-electron chi connectivity index (χ3n) is 8.05. The van der Waals surface area contributed by atoms with Crippen molar-refractivity contribution < 1.29 is 14.4 Å². The number of fused-ring (bicyclic) bond motifs is 2. The molecule has 0 spiro atoms. The topological polar surface area (TPSA) is 191 Å². The quantitative estimate of drug-likeness (QED) is 0.109. The molecular formula is C29H37N9O3. The number of likely N-dealkylation sites (tertiary alicyclic amines) is 1. The monoisotopic (exact) mass is 559 g/mol. The van der Waals surface area contributed by atoms with Gasteiger partial charge in [-0.05, 0) is 79.1 Å². The maximum absolute atomic E-state index is 12.9. The molecule has 2 aromatic rings. The number of amidine groups is 1. The molecule has 4 rings (SSSR count). The standard InChI is InChI=1S/C29H37N9O3/c1-17(35-16-25(39)38-10-4-5-22(38)15-30)14-29(28(31)36-37-32)23-8-6-18(26(40)33-2)11-20(23)13-21-12-19(27(41)34-3)7-9-24(21)29/h6-9,11-12,17,22,35,37H,4-5,10,13-14,16,32H2,1-3H3,(H2,31,36)(H,33,40)(H,34,41)/t17-,22?/m1/s1. The molecule has 2 atom stereocenters. The van der Waals surface area contributed by atoms with Crippen LogP contribution in [0.5, 0.6) is 0 Å². The summed E-state index contributed by atoms with van der Waals surface area (Å²) in [5.41, 5.74) is 12.5. The minimum Gasteiger partial charge on any atom is -0.385 e. The number of nitriles is 1. The third kappa shape index (κ3) is 5.59. The maximum Gasteiger partial charge on any atom is 0.251 e. The fraction of sp³-hybridized carbons (Fsp3) is 0.414. The Hall–Kier alpha value is -4.47. The first-order valence-electron chi connectivity index (χ1n) is 13.6. The van der Waals surface area contributed by atoms with Gasteiger partial charge in [-0.2, -0.15) is 10.4 Å². The van der Waals surface area contributed by atoms with Crippen LogP contribution in [0.25, 0.3) is 0 Å². The molecule has 12 nitrogen and oxygen atoms in total. The van der Waals surface area contributed by atoms with E-state index in [4.69, 9.17) is 11.6 Å². The van der Waals surface area contributed by atoms with Crippen molar-refractivity contribution in [3.63, 3.8) is 0 Å². The molecule has 8 N–H and O–H groups in total. The molecule has 0 bridgehead atoms. The van der Waals surface area contributed by atoms with E-state index in [1.807, 2.05) is 31.2 Å². The molecule has 1 aliphatic carbocycles. The smallest absolute Gasteiger partial charge is 0.251 e. The van der Waals surface area contributed by atoms with Gasteiger partial charge in [-0.25, -0.2) is 11.4 Å². The van der Waals surface area contributed by atoms with Gasteiger partial charge in [-0.1, -0.05) is 12.1 Å². The summed E-state index contributed by atoms with van der Waals surface area (Å²) in [6, 6.07) is 12.5. The van der Waals surface area contributed by atoms with Gasteiger partial charge in [0.2, 0.25) is 5.91 Å². The second kappa shape index (κ2) is 12.4. The summed E-state index contributed by atoms with van der Waals surface area (Å²) in [6.07, 6.45) is 2.35. The number of carbonyl (C=O) groups excluding carboxylic acids is 3. The van der Waals surface area contributed by atoms with Crippen LogP contribution in [0.1, 0.15) is 69.2 Å². The predicted octanol–water partition coefficient (Wildman–Crippen LogP) is 0.214. The highest BCUT2D eigenvalue weighted by molar-refractivity contribution is 5.99. The first-order chi connectivity index (χ1) is 19.7. The van der Waals surface area contributed by atoms with Crippen LogP contribution in [-0.2, 0) is 16.6 Å². The van der Waals surface area contributed by atoms with Crippen molar-refractivity contribution in [3.05, 3.63) is 69.8 Å². The molecule has 216 valence electrons. The number of hydrazine groups is 1. The fourth-order valence-electron chi connectivity index (χ4n) is 6.09. The molecule has 12 heteroatoms. The highest BCUT2D eigenvalue weighted by Crippen LogP contribution is 2.45. The second-order valence-electron chi connectivity index (χ2n) is 10.5. The minimum atomic E-state index is -1.00. The van der Waals surface area contributed by atoms with Crippen molar-refractivity contribution in [1.82, 2.24) is 26.4 Å². The average Bonchev–Trinajstić information content (AvgIpc) is 3.47. The number of nitrogens with one attached hydrogen (secondary N) is 4. The SMILES string of the molecule is CNC(=O)c1ccc2c(c1)Cc1cc(C(=O)NC)ccc1C2(C[C@@H](C)NCC(=O)N1CCCC1C#N)/C(N)=N/NN. The molecular weight excluding hydrogens is 522 g/mol. The van der Waals surface area contributed by atoms with E-state index in [1.165, 1.54) is 0 Å². The molecule has 2 aliphatic rings. The summed E-state index contributed by atoms with van der Waals surface area (Å²) in [5, 5.41) is 22.3. The Labute approximate surface area is 239 Å². The van der Waals surface area contributed by atoms with E-state index < -0.39 is 11.5 Å². The summed E-state index contributed by atoms with van der Waals surface area (Å²) < 4.78 is 0. The Kier molecular flexibility index (Phi) is 8.90. The first kappa shape index (κ1) is 29.5. The number of rotatable bonds is 9.